The minimum absolute atomic E-state index is 0.202. The van der Waals surface area contributed by atoms with Gasteiger partial charge in [0.2, 0.25) is 6.29 Å². The predicted octanol–water partition coefficient (Wildman–Crippen LogP) is 1.81. The Bertz CT molecular complexity index is 541. The molecule has 0 N–H and O–H groups in total. The quantitative estimate of drug-likeness (QED) is 0.709. The SMILES string of the molecule is CC(=O)OC1O[C@@H]2C[C@@]1(OC(C)=O)C[C@H]1OC3(CCCCC3)OC21. The van der Waals surface area contributed by atoms with E-state index in [1.807, 2.05) is 0 Å². The highest BCUT2D eigenvalue weighted by Crippen LogP contribution is 2.53. The molecule has 0 radical (unpaired) electrons. The van der Waals surface area contributed by atoms with Crippen LogP contribution in [0.1, 0.15) is 58.8 Å². The number of rotatable bonds is 2. The van der Waals surface area contributed by atoms with Gasteiger partial charge >= 0.3 is 11.9 Å². The number of hydrogen-bond acceptors (Lipinski definition) is 7. The van der Waals surface area contributed by atoms with Gasteiger partial charge in [-0.1, -0.05) is 6.42 Å². The largest absolute Gasteiger partial charge is 0.452 e. The van der Waals surface area contributed by atoms with Crippen molar-refractivity contribution in [2.75, 3.05) is 0 Å². The third kappa shape index (κ3) is 2.62. The van der Waals surface area contributed by atoms with Gasteiger partial charge in [0, 0.05) is 39.5 Å². The van der Waals surface area contributed by atoms with E-state index in [-0.39, 0.29) is 18.3 Å². The summed E-state index contributed by atoms with van der Waals surface area (Å²) < 4.78 is 29.4. The maximum absolute atomic E-state index is 11.6. The lowest BCUT2D eigenvalue weighted by molar-refractivity contribution is -0.235. The average Bonchev–Trinajstić information content (AvgIpc) is 2.96. The molecule has 4 aliphatic rings. The van der Waals surface area contributed by atoms with Crippen LogP contribution in [0.25, 0.3) is 0 Å². The summed E-state index contributed by atoms with van der Waals surface area (Å²) >= 11 is 0. The van der Waals surface area contributed by atoms with Crippen molar-refractivity contribution in [3.63, 3.8) is 0 Å². The molecule has 7 nitrogen and oxygen atoms in total. The zero-order valence-corrected chi connectivity index (χ0v) is 14.1. The molecule has 0 aromatic heterocycles. The second-order valence-corrected chi connectivity index (χ2v) is 7.39. The smallest absolute Gasteiger partial charge is 0.305 e. The van der Waals surface area contributed by atoms with Gasteiger partial charge in [-0.25, -0.2) is 0 Å². The molecule has 2 aliphatic heterocycles. The van der Waals surface area contributed by atoms with E-state index in [9.17, 15) is 9.59 Å². The first-order chi connectivity index (χ1) is 11.4. The summed E-state index contributed by atoms with van der Waals surface area (Å²) in [6.45, 7) is 2.67. The van der Waals surface area contributed by atoms with Crippen molar-refractivity contribution in [1.29, 1.82) is 0 Å². The Hall–Kier alpha value is -1.18. The molecule has 7 heteroatoms. The van der Waals surface area contributed by atoms with Crippen LogP contribution in [-0.2, 0) is 33.3 Å². The van der Waals surface area contributed by atoms with Gasteiger partial charge < -0.3 is 23.7 Å². The first kappa shape index (κ1) is 16.3. The molecule has 2 bridgehead atoms. The highest BCUT2D eigenvalue weighted by Gasteiger charge is 2.66. The number of fused-ring (bicyclic) bond motifs is 4. The van der Waals surface area contributed by atoms with Crippen molar-refractivity contribution in [2.24, 2.45) is 0 Å². The molecule has 5 atom stereocenters. The molecule has 2 heterocycles. The van der Waals surface area contributed by atoms with Gasteiger partial charge in [0.15, 0.2) is 11.4 Å². The summed E-state index contributed by atoms with van der Waals surface area (Å²) in [6.07, 6.45) is 4.45. The molecule has 1 spiro atoms. The van der Waals surface area contributed by atoms with E-state index < -0.39 is 29.6 Å². The lowest BCUT2D eigenvalue weighted by Crippen LogP contribution is -2.51. The van der Waals surface area contributed by atoms with Crippen LogP contribution in [0.15, 0.2) is 0 Å². The molecule has 2 unspecified atom stereocenters. The van der Waals surface area contributed by atoms with Gasteiger partial charge in [-0.2, -0.15) is 0 Å². The van der Waals surface area contributed by atoms with Crippen LogP contribution in [0.2, 0.25) is 0 Å². The second kappa shape index (κ2) is 5.68. The van der Waals surface area contributed by atoms with Gasteiger partial charge in [0.1, 0.15) is 6.10 Å². The number of carbonyl (C=O) groups is 2. The van der Waals surface area contributed by atoms with Gasteiger partial charge in [-0.15, -0.1) is 0 Å². The minimum atomic E-state index is -0.979. The molecule has 134 valence electrons. The van der Waals surface area contributed by atoms with Crippen LogP contribution in [0.5, 0.6) is 0 Å². The fourth-order valence-electron chi connectivity index (χ4n) is 4.68. The van der Waals surface area contributed by atoms with E-state index >= 15 is 0 Å². The Morgan fingerprint density at radius 1 is 0.958 bits per heavy atom. The molecular weight excluding hydrogens is 316 g/mol. The predicted molar refractivity (Wildman–Crippen MR) is 79.7 cm³/mol. The van der Waals surface area contributed by atoms with Crippen LogP contribution in [0, 0.1) is 0 Å². The number of esters is 2. The first-order valence-electron chi connectivity index (χ1n) is 8.79. The van der Waals surface area contributed by atoms with Gasteiger partial charge in [0.25, 0.3) is 0 Å². The van der Waals surface area contributed by atoms with Crippen LogP contribution in [0.4, 0.5) is 0 Å². The van der Waals surface area contributed by atoms with Crippen LogP contribution in [0.3, 0.4) is 0 Å². The maximum atomic E-state index is 11.6. The van der Waals surface area contributed by atoms with Crippen molar-refractivity contribution >= 4 is 11.9 Å². The fourth-order valence-corrected chi connectivity index (χ4v) is 4.68. The first-order valence-corrected chi connectivity index (χ1v) is 8.79. The van der Waals surface area contributed by atoms with Crippen molar-refractivity contribution in [3.05, 3.63) is 0 Å². The van der Waals surface area contributed by atoms with Crippen LogP contribution in [-0.4, -0.2) is 47.9 Å². The highest BCUT2D eigenvalue weighted by molar-refractivity contribution is 5.68. The summed E-state index contributed by atoms with van der Waals surface area (Å²) in [5.41, 5.74) is -0.979. The third-order valence-electron chi connectivity index (χ3n) is 5.51. The molecule has 4 fully saturated rings. The lowest BCUT2D eigenvalue weighted by Gasteiger charge is -2.36. The topological polar surface area (TPSA) is 80.3 Å². The zero-order chi connectivity index (χ0) is 16.9. The van der Waals surface area contributed by atoms with E-state index in [2.05, 4.69) is 0 Å². The molecule has 2 saturated heterocycles. The number of ether oxygens (including phenoxy) is 5. The number of hydrogen-bond donors (Lipinski definition) is 0. The van der Waals surface area contributed by atoms with Crippen LogP contribution < -0.4 is 0 Å². The zero-order valence-electron chi connectivity index (χ0n) is 14.1. The number of carbonyl (C=O) groups excluding carboxylic acids is 2. The lowest BCUT2D eigenvalue weighted by atomic mass is 9.81. The highest BCUT2D eigenvalue weighted by atomic mass is 16.8. The van der Waals surface area contributed by atoms with Crippen molar-refractivity contribution < 1.29 is 33.3 Å². The molecule has 2 aliphatic carbocycles. The van der Waals surface area contributed by atoms with Crippen LogP contribution >= 0.6 is 0 Å². The average molecular weight is 340 g/mol. The van der Waals surface area contributed by atoms with Gasteiger partial charge in [0.05, 0.1) is 12.2 Å². The molecule has 0 amide bonds. The third-order valence-corrected chi connectivity index (χ3v) is 5.51. The standard InChI is InChI=1S/C17H24O7/c1-10(18)20-15-16(22-11(2)19)8-12(21-15)14-13(9-16)23-17(24-14)6-4-3-5-7-17/h12-15H,3-9H2,1-2H3/t12-,13-,14?,15?,16-/m1/s1. The molecular formula is C17H24O7. The Kier molecular flexibility index (Phi) is 3.85. The van der Waals surface area contributed by atoms with E-state index in [4.69, 9.17) is 23.7 Å². The second-order valence-electron chi connectivity index (χ2n) is 7.39. The van der Waals surface area contributed by atoms with E-state index in [1.165, 1.54) is 20.3 Å². The molecule has 4 rings (SSSR count). The minimum Gasteiger partial charge on any atom is -0.452 e. The Balaban J connectivity index is 1.57. The van der Waals surface area contributed by atoms with E-state index in [0.29, 0.717) is 12.8 Å². The monoisotopic (exact) mass is 340 g/mol. The normalized spacial score (nSPS) is 42.6. The van der Waals surface area contributed by atoms with Crippen molar-refractivity contribution in [2.45, 2.75) is 94.8 Å². The molecule has 2 saturated carbocycles. The Morgan fingerprint density at radius 3 is 2.33 bits per heavy atom. The molecule has 0 aromatic rings. The van der Waals surface area contributed by atoms with E-state index in [1.54, 1.807) is 0 Å². The maximum Gasteiger partial charge on any atom is 0.305 e. The fraction of sp³-hybridized carbons (Fsp3) is 0.882. The summed E-state index contributed by atoms with van der Waals surface area (Å²) in [6, 6.07) is 0. The Labute approximate surface area is 140 Å². The molecule has 0 aromatic carbocycles. The van der Waals surface area contributed by atoms with Gasteiger partial charge in [-0.05, 0) is 12.8 Å². The summed E-state index contributed by atoms with van der Waals surface area (Å²) in [7, 11) is 0. The Morgan fingerprint density at radius 2 is 1.67 bits per heavy atom. The van der Waals surface area contributed by atoms with E-state index in [0.717, 1.165) is 25.7 Å². The van der Waals surface area contributed by atoms with Crippen molar-refractivity contribution in [3.8, 4) is 0 Å². The summed E-state index contributed by atoms with van der Waals surface area (Å²) in [4.78, 5) is 23.0. The van der Waals surface area contributed by atoms with Gasteiger partial charge in [-0.3, -0.25) is 9.59 Å². The summed E-state index contributed by atoms with van der Waals surface area (Å²) in [5.74, 6) is -1.40. The summed E-state index contributed by atoms with van der Waals surface area (Å²) in [5, 5.41) is 0. The molecule has 24 heavy (non-hydrogen) atoms. The van der Waals surface area contributed by atoms with Crippen molar-refractivity contribution in [1.82, 2.24) is 0 Å².